The predicted octanol–water partition coefficient (Wildman–Crippen LogP) is 3.60. The lowest BCUT2D eigenvalue weighted by atomic mass is 9.93. The van der Waals surface area contributed by atoms with Crippen LogP contribution in [0.1, 0.15) is 35.0 Å². The summed E-state index contributed by atoms with van der Waals surface area (Å²) >= 11 is 0. The van der Waals surface area contributed by atoms with E-state index in [0.29, 0.717) is 18.4 Å². The zero-order chi connectivity index (χ0) is 20.6. The Kier molecular flexibility index (Phi) is 4.70. The summed E-state index contributed by atoms with van der Waals surface area (Å²) in [5.41, 5.74) is 2.20. The maximum atomic E-state index is 13.0. The van der Waals surface area contributed by atoms with Crippen molar-refractivity contribution >= 4 is 28.6 Å². The minimum atomic E-state index is -1.01. The number of benzene rings is 2. The molecule has 1 saturated heterocycles. The Morgan fingerprint density at radius 1 is 1.03 bits per heavy atom. The molecule has 0 spiro atoms. The van der Waals surface area contributed by atoms with Crippen molar-refractivity contribution in [3.05, 3.63) is 71.4 Å². The lowest BCUT2D eigenvalue weighted by Gasteiger charge is -2.21. The highest BCUT2D eigenvalue weighted by atomic mass is 16.2. The van der Waals surface area contributed by atoms with E-state index >= 15 is 0 Å². The van der Waals surface area contributed by atoms with Gasteiger partial charge in [0.1, 0.15) is 5.54 Å². The Hall–Kier alpha value is -3.41. The van der Waals surface area contributed by atoms with E-state index in [-0.39, 0.29) is 18.2 Å². The third-order valence-corrected chi connectivity index (χ3v) is 5.58. The first-order valence-electron chi connectivity index (χ1n) is 9.67. The van der Waals surface area contributed by atoms with Gasteiger partial charge in [0.2, 0.25) is 0 Å². The molecule has 148 valence electrons. The van der Waals surface area contributed by atoms with E-state index in [9.17, 15) is 14.4 Å². The van der Waals surface area contributed by atoms with Crippen LogP contribution >= 0.6 is 0 Å². The number of imide groups is 1. The Morgan fingerprint density at radius 3 is 2.48 bits per heavy atom. The number of urea groups is 1. The van der Waals surface area contributed by atoms with Crippen molar-refractivity contribution in [1.29, 1.82) is 0 Å². The number of nitrogens with one attached hydrogen (secondary N) is 2. The van der Waals surface area contributed by atoms with E-state index in [1.54, 1.807) is 6.92 Å². The summed E-state index contributed by atoms with van der Waals surface area (Å²) in [4.78, 5) is 42.7. The largest absolute Gasteiger partial charge is 0.358 e. The summed E-state index contributed by atoms with van der Waals surface area (Å²) < 4.78 is 0. The number of carbonyl (C=O) groups is 3. The van der Waals surface area contributed by atoms with Crippen LogP contribution in [-0.4, -0.2) is 39.7 Å². The molecule has 4 rings (SSSR count). The van der Waals surface area contributed by atoms with Crippen molar-refractivity contribution in [1.82, 2.24) is 15.2 Å². The molecule has 6 nitrogen and oxygen atoms in total. The summed E-state index contributed by atoms with van der Waals surface area (Å²) in [6.45, 7) is 3.27. The molecule has 1 aromatic heterocycles. The van der Waals surface area contributed by atoms with E-state index in [1.807, 2.05) is 61.5 Å². The Morgan fingerprint density at radius 2 is 1.72 bits per heavy atom. The quantitative estimate of drug-likeness (QED) is 0.499. The summed E-state index contributed by atoms with van der Waals surface area (Å²) in [5.74, 6) is -0.611. The van der Waals surface area contributed by atoms with Crippen LogP contribution in [-0.2, 0) is 11.2 Å². The van der Waals surface area contributed by atoms with Crippen LogP contribution in [0.2, 0.25) is 0 Å². The van der Waals surface area contributed by atoms with Crippen LogP contribution in [0.5, 0.6) is 0 Å². The number of para-hydroxylation sites is 1. The molecule has 1 atom stereocenters. The molecule has 3 amide bonds. The number of ketones is 1. The standard InChI is InChI=1S/C23H23N3O3/c1-15-20(17-10-6-7-11-18(17)24-15)19(27)14-26-21(28)23(2,25-22(26)29)13-12-16-8-4-3-5-9-16/h3-11,24H,12-14H2,1-2H3,(H,25,29)/t23-/m0/s1. The summed E-state index contributed by atoms with van der Waals surface area (Å²) in [6.07, 6.45) is 1.13. The van der Waals surface area contributed by atoms with Gasteiger partial charge in [-0.05, 0) is 38.3 Å². The minimum Gasteiger partial charge on any atom is -0.358 e. The fourth-order valence-corrected chi connectivity index (χ4v) is 3.96. The summed E-state index contributed by atoms with van der Waals surface area (Å²) in [5, 5.41) is 3.58. The monoisotopic (exact) mass is 389 g/mol. The molecule has 2 N–H and O–H groups in total. The molecule has 29 heavy (non-hydrogen) atoms. The maximum absolute atomic E-state index is 13.0. The number of rotatable bonds is 6. The van der Waals surface area contributed by atoms with Crippen molar-refractivity contribution in [2.45, 2.75) is 32.2 Å². The molecular formula is C23H23N3O3. The number of H-pyrrole nitrogens is 1. The first-order valence-corrected chi connectivity index (χ1v) is 9.67. The second-order valence-corrected chi connectivity index (χ2v) is 7.73. The highest BCUT2D eigenvalue weighted by Gasteiger charge is 2.48. The lowest BCUT2D eigenvalue weighted by Crippen LogP contribution is -2.44. The number of nitrogens with zero attached hydrogens (tertiary/aromatic N) is 1. The number of amides is 3. The van der Waals surface area contributed by atoms with E-state index in [2.05, 4.69) is 10.3 Å². The topological polar surface area (TPSA) is 82.3 Å². The van der Waals surface area contributed by atoms with Crippen molar-refractivity contribution in [2.75, 3.05) is 6.54 Å². The van der Waals surface area contributed by atoms with Crippen molar-refractivity contribution < 1.29 is 14.4 Å². The molecule has 1 aliphatic rings. The van der Waals surface area contributed by atoms with E-state index in [4.69, 9.17) is 0 Å². The highest BCUT2D eigenvalue weighted by Crippen LogP contribution is 2.26. The predicted molar refractivity (Wildman–Crippen MR) is 111 cm³/mol. The van der Waals surface area contributed by atoms with E-state index in [1.165, 1.54) is 0 Å². The van der Waals surface area contributed by atoms with Crippen molar-refractivity contribution in [3.63, 3.8) is 0 Å². The Bertz CT molecular complexity index is 1100. The zero-order valence-corrected chi connectivity index (χ0v) is 16.5. The number of carbonyl (C=O) groups excluding carboxylic acids is 3. The van der Waals surface area contributed by atoms with Gasteiger partial charge in [-0.1, -0.05) is 48.5 Å². The molecule has 0 radical (unpaired) electrons. The van der Waals surface area contributed by atoms with Gasteiger partial charge in [-0.2, -0.15) is 0 Å². The first-order chi connectivity index (χ1) is 13.9. The van der Waals surface area contributed by atoms with Gasteiger partial charge in [0.25, 0.3) is 5.91 Å². The SMILES string of the molecule is Cc1[nH]c2ccccc2c1C(=O)CN1C(=O)N[C@@](C)(CCc2ccccc2)C1=O. The van der Waals surface area contributed by atoms with Crippen molar-refractivity contribution in [2.24, 2.45) is 0 Å². The van der Waals surface area contributed by atoms with Crippen LogP contribution in [0.15, 0.2) is 54.6 Å². The van der Waals surface area contributed by atoms with Crippen LogP contribution < -0.4 is 5.32 Å². The van der Waals surface area contributed by atoms with Gasteiger partial charge in [0, 0.05) is 22.2 Å². The van der Waals surface area contributed by atoms with Crippen LogP contribution in [0.25, 0.3) is 10.9 Å². The molecule has 0 bridgehead atoms. The molecular weight excluding hydrogens is 366 g/mol. The van der Waals surface area contributed by atoms with Crippen LogP contribution in [0, 0.1) is 6.92 Å². The second-order valence-electron chi connectivity index (χ2n) is 7.73. The maximum Gasteiger partial charge on any atom is 0.325 e. The van der Waals surface area contributed by atoms with Crippen LogP contribution in [0.3, 0.4) is 0 Å². The van der Waals surface area contributed by atoms with E-state index < -0.39 is 11.6 Å². The second kappa shape index (κ2) is 7.20. The first kappa shape index (κ1) is 18.9. The summed E-state index contributed by atoms with van der Waals surface area (Å²) in [7, 11) is 0. The number of Topliss-reactive ketones (excluding diaryl/α,β-unsaturated/α-hetero) is 1. The smallest absolute Gasteiger partial charge is 0.325 e. The molecule has 0 unspecified atom stereocenters. The fourth-order valence-electron chi connectivity index (χ4n) is 3.96. The zero-order valence-electron chi connectivity index (χ0n) is 16.5. The molecule has 1 fully saturated rings. The lowest BCUT2D eigenvalue weighted by molar-refractivity contribution is -0.130. The molecule has 6 heteroatoms. The minimum absolute atomic E-state index is 0.254. The average molecular weight is 389 g/mol. The van der Waals surface area contributed by atoms with Crippen molar-refractivity contribution in [3.8, 4) is 0 Å². The van der Waals surface area contributed by atoms with Gasteiger partial charge in [0.05, 0.1) is 6.54 Å². The Balaban J connectivity index is 1.51. The van der Waals surface area contributed by atoms with Gasteiger partial charge in [0.15, 0.2) is 5.78 Å². The van der Waals surface area contributed by atoms with Gasteiger partial charge in [-0.25, -0.2) is 4.79 Å². The molecule has 2 aromatic carbocycles. The van der Waals surface area contributed by atoms with Gasteiger partial charge in [-0.3, -0.25) is 14.5 Å². The third kappa shape index (κ3) is 3.42. The number of aryl methyl sites for hydroxylation is 2. The summed E-state index contributed by atoms with van der Waals surface area (Å²) in [6, 6.07) is 16.8. The highest BCUT2D eigenvalue weighted by molar-refractivity contribution is 6.14. The molecule has 3 aromatic rings. The van der Waals surface area contributed by atoms with E-state index in [0.717, 1.165) is 27.1 Å². The third-order valence-electron chi connectivity index (χ3n) is 5.58. The normalized spacial score (nSPS) is 19.0. The van der Waals surface area contributed by atoms with Gasteiger partial charge < -0.3 is 10.3 Å². The molecule has 1 aliphatic heterocycles. The van der Waals surface area contributed by atoms with Crippen LogP contribution in [0.4, 0.5) is 4.79 Å². The van der Waals surface area contributed by atoms with Gasteiger partial charge in [-0.15, -0.1) is 0 Å². The number of aromatic nitrogens is 1. The molecule has 2 heterocycles. The molecule has 0 aliphatic carbocycles. The Labute approximate surface area is 168 Å². The van der Waals surface area contributed by atoms with Gasteiger partial charge >= 0.3 is 6.03 Å². The number of hydrogen-bond donors (Lipinski definition) is 2. The molecule has 0 saturated carbocycles. The number of hydrogen-bond acceptors (Lipinski definition) is 3. The number of aromatic amines is 1. The average Bonchev–Trinajstić information content (AvgIpc) is 3.15. The fraction of sp³-hybridized carbons (Fsp3) is 0.261. The number of fused-ring (bicyclic) bond motifs is 1.